The second-order valence-electron chi connectivity index (χ2n) is 3.39. The van der Waals surface area contributed by atoms with Crippen LogP contribution in [0, 0.1) is 6.92 Å². The summed E-state index contributed by atoms with van der Waals surface area (Å²) in [6, 6.07) is 10.3. The molecule has 0 amide bonds. The molecule has 0 aliphatic rings. The van der Waals surface area contributed by atoms with E-state index in [2.05, 4.69) is 32.9 Å². The molecule has 1 rings (SSSR count). The van der Waals surface area contributed by atoms with Crippen molar-refractivity contribution >= 4 is 27.9 Å². The quantitative estimate of drug-likeness (QED) is 0.509. The summed E-state index contributed by atoms with van der Waals surface area (Å²) in [7, 11) is 0. The van der Waals surface area contributed by atoms with E-state index in [0.717, 1.165) is 3.17 Å². The Labute approximate surface area is 87.4 Å². The second kappa shape index (κ2) is 6.90. The Kier molecular flexibility index (Phi) is 7.04. The summed E-state index contributed by atoms with van der Waals surface area (Å²) in [5, 5.41) is 0. The Morgan fingerprint density at radius 2 is 1.45 bits per heavy atom. The van der Waals surface area contributed by atoms with Gasteiger partial charge in [0.1, 0.15) is 0 Å². The summed E-state index contributed by atoms with van der Waals surface area (Å²) in [4.78, 5) is 0. The average molecular weight is 158 g/mol. The number of hydrogen-bond donors (Lipinski definition) is 0. The molecule has 0 unspecified atom stereocenters. The maximum absolute atomic E-state index is 2.23. The molecular weight excluding hydrogens is 143 g/mol. The summed E-state index contributed by atoms with van der Waals surface area (Å²) in [6.45, 7) is 6.54. The molecule has 0 saturated carbocycles. The summed E-state index contributed by atoms with van der Waals surface area (Å²) >= 11 is 1.35. The van der Waals surface area contributed by atoms with Crippen LogP contribution in [-0.2, 0) is 0 Å². The van der Waals surface area contributed by atoms with Crippen LogP contribution < -0.4 is 0 Å². The molecular formula is C10H15Na. The van der Waals surface area contributed by atoms with Gasteiger partial charge in [-0.1, -0.05) is 35.9 Å². The van der Waals surface area contributed by atoms with Crippen LogP contribution in [0.15, 0.2) is 30.3 Å². The average Bonchev–Trinajstić information content (AvgIpc) is 1.87. The van der Waals surface area contributed by atoms with Crippen molar-refractivity contribution in [1.29, 1.82) is 0 Å². The maximum atomic E-state index is 2.23. The first-order chi connectivity index (χ1) is 5.13. The van der Waals surface area contributed by atoms with E-state index in [1.165, 1.54) is 33.5 Å². The predicted octanol–water partition coefficient (Wildman–Crippen LogP) is 2.98. The second-order valence-corrected chi connectivity index (χ2v) is 5.70. The molecule has 0 nitrogen and oxygen atoms in total. The van der Waals surface area contributed by atoms with Crippen molar-refractivity contribution in [3.63, 3.8) is 0 Å². The molecule has 0 radical (unpaired) electrons. The van der Waals surface area contributed by atoms with Gasteiger partial charge in [-0.2, -0.15) is 0 Å². The van der Waals surface area contributed by atoms with Gasteiger partial charge in [-0.15, -0.1) is 0 Å². The van der Waals surface area contributed by atoms with Crippen LogP contribution in [0.5, 0.6) is 0 Å². The molecule has 0 spiro atoms. The van der Waals surface area contributed by atoms with E-state index in [0.29, 0.717) is 0 Å². The molecule has 1 aromatic rings. The predicted molar refractivity (Wildman–Crippen MR) is 52.0 cm³/mol. The van der Waals surface area contributed by atoms with Crippen molar-refractivity contribution in [2.24, 2.45) is 0 Å². The van der Waals surface area contributed by atoms with Gasteiger partial charge in [0.05, 0.1) is 0 Å². The molecule has 11 heavy (non-hydrogen) atoms. The molecule has 0 aliphatic heterocycles. The van der Waals surface area contributed by atoms with Crippen molar-refractivity contribution in [2.75, 3.05) is 0 Å². The van der Waals surface area contributed by atoms with Gasteiger partial charge < -0.3 is 0 Å². The zero-order valence-electron chi connectivity index (χ0n) is 7.96. The Hall–Kier alpha value is 0.220. The van der Waals surface area contributed by atoms with E-state index in [9.17, 15) is 0 Å². The van der Waals surface area contributed by atoms with Crippen LogP contribution in [0.2, 0.25) is 3.17 Å². The Morgan fingerprint density at radius 3 is 1.64 bits per heavy atom. The zero-order valence-corrected chi connectivity index (χ0v) is 9.96. The van der Waals surface area contributed by atoms with E-state index < -0.39 is 0 Å². The molecule has 1 heteroatoms. The summed E-state index contributed by atoms with van der Waals surface area (Å²) in [5.74, 6) is 0. The van der Waals surface area contributed by atoms with Crippen molar-refractivity contribution in [2.45, 2.75) is 23.9 Å². The van der Waals surface area contributed by atoms with Crippen molar-refractivity contribution < 1.29 is 0 Å². The Balaban J connectivity index is 0.000000218. The van der Waals surface area contributed by atoms with Gasteiger partial charge in [0.2, 0.25) is 0 Å². The minimum absolute atomic E-state index is 0.972. The summed E-state index contributed by atoms with van der Waals surface area (Å²) in [5.41, 5.74) is 1.32. The van der Waals surface area contributed by atoms with Crippen LogP contribution in [0.25, 0.3) is 0 Å². The number of aryl methyl sites for hydroxylation is 1. The molecule has 0 fully saturated rings. The molecule has 0 atom stereocenters. The van der Waals surface area contributed by atoms with E-state index >= 15 is 0 Å². The van der Waals surface area contributed by atoms with Crippen LogP contribution in [0.1, 0.15) is 19.4 Å². The summed E-state index contributed by atoms with van der Waals surface area (Å²) < 4.78 is 0.972. The third-order valence-electron chi connectivity index (χ3n) is 0.940. The van der Waals surface area contributed by atoms with Gasteiger partial charge in [-0.3, -0.25) is 0 Å². The van der Waals surface area contributed by atoms with Gasteiger partial charge in [0.15, 0.2) is 0 Å². The molecule has 1 aromatic carbocycles. The van der Waals surface area contributed by atoms with Crippen molar-refractivity contribution in [1.82, 2.24) is 0 Å². The fraction of sp³-hybridized carbons (Fsp3) is 0.400. The Morgan fingerprint density at radius 1 is 1.09 bits per heavy atom. The standard InChI is InChI=1S/C7H8.C3H7.Na/c1-7-5-3-2-4-6-7;1-3-2;/h2-6H,1H3;3H,1-2H3;. The first-order valence-corrected chi connectivity index (χ1v) is 5.30. The fourth-order valence-corrected chi connectivity index (χ4v) is 0.534. The first-order valence-electron chi connectivity index (χ1n) is 4.14. The normalized spacial score (nSPS) is 8.91. The molecule has 0 bridgehead atoms. The van der Waals surface area contributed by atoms with Gasteiger partial charge in [-0.25, -0.2) is 0 Å². The van der Waals surface area contributed by atoms with Crippen LogP contribution in [0.3, 0.4) is 0 Å². The molecule has 0 N–H and O–H groups in total. The van der Waals surface area contributed by atoms with Crippen LogP contribution >= 0.6 is 0 Å². The van der Waals surface area contributed by atoms with Crippen LogP contribution in [-0.4, -0.2) is 27.9 Å². The number of benzene rings is 1. The third-order valence-corrected chi connectivity index (χ3v) is 0.940. The van der Waals surface area contributed by atoms with E-state index in [1.54, 1.807) is 0 Å². The Bertz CT molecular complexity index is 165. The maximum Gasteiger partial charge on any atom is -0.0398 e. The topological polar surface area (TPSA) is 0 Å². The molecule has 56 valence electrons. The molecule has 0 heterocycles. The minimum atomic E-state index is 0.972. The van der Waals surface area contributed by atoms with Crippen molar-refractivity contribution in [3.05, 3.63) is 35.9 Å². The van der Waals surface area contributed by atoms with Crippen molar-refractivity contribution in [3.8, 4) is 0 Å². The fourth-order valence-electron chi connectivity index (χ4n) is 0.534. The van der Waals surface area contributed by atoms with Gasteiger partial charge in [-0.05, 0) is 6.92 Å². The number of rotatable bonds is 0. The smallest absolute Gasteiger partial charge is 0.0398 e. The third kappa shape index (κ3) is 10.2. The monoisotopic (exact) mass is 158 g/mol. The van der Waals surface area contributed by atoms with E-state index in [-0.39, 0.29) is 0 Å². The van der Waals surface area contributed by atoms with E-state index in [4.69, 9.17) is 0 Å². The van der Waals surface area contributed by atoms with Gasteiger partial charge in [0, 0.05) is 0 Å². The largest absolute Gasteiger partial charge is 0.0622 e. The molecule has 0 saturated heterocycles. The van der Waals surface area contributed by atoms with Gasteiger partial charge in [0.25, 0.3) is 0 Å². The zero-order chi connectivity index (χ0) is 8.69. The van der Waals surface area contributed by atoms with E-state index in [1.807, 2.05) is 18.2 Å². The van der Waals surface area contributed by atoms with Gasteiger partial charge >= 0.3 is 44.9 Å². The number of hydrogen-bond acceptors (Lipinski definition) is 0. The minimum Gasteiger partial charge on any atom is -0.0622 e. The SMILES string of the molecule is C[CH](C)[Na].Cc1ccccc1. The molecule has 0 aromatic heterocycles. The van der Waals surface area contributed by atoms with Crippen LogP contribution in [0.4, 0.5) is 0 Å². The molecule has 0 aliphatic carbocycles. The summed E-state index contributed by atoms with van der Waals surface area (Å²) in [6.07, 6.45) is 0. The first kappa shape index (κ1) is 11.2.